The van der Waals surface area contributed by atoms with Gasteiger partial charge in [-0.3, -0.25) is 0 Å². The zero-order valence-electron chi connectivity index (χ0n) is 11.2. The van der Waals surface area contributed by atoms with E-state index < -0.39 is 0 Å². The van der Waals surface area contributed by atoms with E-state index in [-0.39, 0.29) is 5.54 Å². The Labute approximate surface area is 101 Å². The SMILES string of the molecule is CC(C)CCCCNCC1(N)CCCCC1. The molecule has 0 atom stereocenters. The highest BCUT2D eigenvalue weighted by molar-refractivity contribution is 4.89. The fourth-order valence-electron chi connectivity index (χ4n) is 2.57. The van der Waals surface area contributed by atoms with Crippen LogP contribution in [-0.4, -0.2) is 18.6 Å². The third-order valence-electron chi connectivity index (χ3n) is 3.71. The van der Waals surface area contributed by atoms with Gasteiger partial charge in [-0.1, -0.05) is 46.0 Å². The molecule has 2 nitrogen and oxygen atoms in total. The Hall–Kier alpha value is -0.0800. The Balaban J connectivity index is 1.97. The zero-order valence-corrected chi connectivity index (χ0v) is 11.2. The first-order valence-electron chi connectivity index (χ1n) is 7.12. The summed E-state index contributed by atoms with van der Waals surface area (Å²) >= 11 is 0. The van der Waals surface area contributed by atoms with Crippen molar-refractivity contribution < 1.29 is 0 Å². The lowest BCUT2D eigenvalue weighted by Gasteiger charge is -2.33. The number of rotatable bonds is 7. The van der Waals surface area contributed by atoms with Crippen molar-refractivity contribution in [2.45, 2.75) is 70.8 Å². The highest BCUT2D eigenvalue weighted by Crippen LogP contribution is 2.25. The summed E-state index contributed by atoms with van der Waals surface area (Å²) in [6.07, 6.45) is 10.5. The molecule has 2 heteroatoms. The average molecular weight is 226 g/mol. The largest absolute Gasteiger partial charge is 0.324 e. The van der Waals surface area contributed by atoms with Crippen LogP contribution in [0.2, 0.25) is 0 Å². The monoisotopic (exact) mass is 226 g/mol. The van der Waals surface area contributed by atoms with Crippen molar-refractivity contribution >= 4 is 0 Å². The lowest BCUT2D eigenvalue weighted by Crippen LogP contribution is -2.50. The number of nitrogens with one attached hydrogen (secondary N) is 1. The van der Waals surface area contributed by atoms with E-state index in [4.69, 9.17) is 5.73 Å². The second-order valence-electron chi connectivity index (χ2n) is 5.99. The van der Waals surface area contributed by atoms with Crippen LogP contribution in [0.4, 0.5) is 0 Å². The standard InChI is InChI=1S/C14H30N2/c1-13(2)8-4-7-11-16-12-14(15)9-5-3-6-10-14/h13,16H,3-12,15H2,1-2H3. The van der Waals surface area contributed by atoms with Gasteiger partial charge >= 0.3 is 0 Å². The maximum Gasteiger partial charge on any atom is 0.0280 e. The van der Waals surface area contributed by atoms with Crippen LogP contribution in [0.15, 0.2) is 0 Å². The maximum atomic E-state index is 6.36. The molecule has 0 saturated heterocycles. The molecule has 0 aromatic carbocycles. The van der Waals surface area contributed by atoms with Crippen LogP contribution in [0.5, 0.6) is 0 Å². The normalized spacial score (nSPS) is 20.2. The highest BCUT2D eigenvalue weighted by atomic mass is 14.9. The van der Waals surface area contributed by atoms with Crippen molar-refractivity contribution in [1.29, 1.82) is 0 Å². The van der Waals surface area contributed by atoms with Crippen LogP contribution in [0.1, 0.15) is 65.2 Å². The van der Waals surface area contributed by atoms with E-state index in [2.05, 4.69) is 19.2 Å². The van der Waals surface area contributed by atoms with Crippen molar-refractivity contribution in [3.8, 4) is 0 Å². The smallest absolute Gasteiger partial charge is 0.0280 e. The molecule has 0 bridgehead atoms. The predicted molar refractivity (Wildman–Crippen MR) is 71.6 cm³/mol. The van der Waals surface area contributed by atoms with Gasteiger partial charge in [0.1, 0.15) is 0 Å². The average Bonchev–Trinajstić information content (AvgIpc) is 2.24. The van der Waals surface area contributed by atoms with Gasteiger partial charge in [0, 0.05) is 12.1 Å². The van der Waals surface area contributed by atoms with Crippen LogP contribution < -0.4 is 11.1 Å². The molecule has 16 heavy (non-hydrogen) atoms. The van der Waals surface area contributed by atoms with Crippen LogP contribution in [-0.2, 0) is 0 Å². The summed E-state index contributed by atoms with van der Waals surface area (Å²) in [6, 6.07) is 0. The van der Waals surface area contributed by atoms with Gasteiger partial charge < -0.3 is 11.1 Å². The Kier molecular flexibility index (Phi) is 6.37. The van der Waals surface area contributed by atoms with E-state index in [1.54, 1.807) is 0 Å². The molecule has 0 aromatic rings. The van der Waals surface area contributed by atoms with E-state index in [0.29, 0.717) is 0 Å². The third kappa shape index (κ3) is 5.86. The molecule has 1 aliphatic carbocycles. The molecule has 1 aliphatic rings. The number of hydrogen-bond acceptors (Lipinski definition) is 2. The summed E-state index contributed by atoms with van der Waals surface area (Å²) in [6.45, 7) is 6.76. The molecule has 0 unspecified atom stereocenters. The van der Waals surface area contributed by atoms with E-state index >= 15 is 0 Å². The van der Waals surface area contributed by atoms with Gasteiger partial charge in [-0.25, -0.2) is 0 Å². The van der Waals surface area contributed by atoms with Gasteiger partial charge in [0.2, 0.25) is 0 Å². The number of nitrogens with two attached hydrogens (primary N) is 1. The first-order valence-corrected chi connectivity index (χ1v) is 7.12. The molecule has 1 fully saturated rings. The summed E-state index contributed by atoms with van der Waals surface area (Å²) in [5, 5.41) is 3.54. The van der Waals surface area contributed by atoms with Crippen molar-refractivity contribution in [2.24, 2.45) is 11.7 Å². The molecular weight excluding hydrogens is 196 g/mol. The number of hydrogen-bond donors (Lipinski definition) is 2. The Morgan fingerprint density at radius 3 is 2.44 bits per heavy atom. The Morgan fingerprint density at radius 2 is 1.81 bits per heavy atom. The minimum atomic E-state index is 0.107. The van der Waals surface area contributed by atoms with Gasteiger partial charge in [0.25, 0.3) is 0 Å². The van der Waals surface area contributed by atoms with Crippen LogP contribution in [0, 0.1) is 5.92 Å². The summed E-state index contributed by atoms with van der Waals surface area (Å²) in [5.74, 6) is 0.846. The van der Waals surface area contributed by atoms with Crippen LogP contribution in [0.25, 0.3) is 0 Å². The van der Waals surface area contributed by atoms with Crippen molar-refractivity contribution in [3.05, 3.63) is 0 Å². The highest BCUT2D eigenvalue weighted by Gasteiger charge is 2.26. The first-order chi connectivity index (χ1) is 7.62. The number of unbranched alkanes of at least 4 members (excludes halogenated alkanes) is 1. The van der Waals surface area contributed by atoms with Gasteiger partial charge in [0.05, 0.1) is 0 Å². The molecule has 0 aliphatic heterocycles. The molecule has 0 aromatic heterocycles. The zero-order chi connectivity index (χ0) is 11.9. The minimum absolute atomic E-state index is 0.107. The molecule has 0 heterocycles. The van der Waals surface area contributed by atoms with Crippen molar-refractivity contribution in [2.75, 3.05) is 13.1 Å². The quantitative estimate of drug-likeness (QED) is 0.655. The molecule has 1 saturated carbocycles. The third-order valence-corrected chi connectivity index (χ3v) is 3.71. The van der Waals surface area contributed by atoms with Crippen molar-refractivity contribution in [3.63, 3.8) is 0 Å². The second-order valence-corrected chi connectivity index (χ2v) is 5.99. The fourth-order valence-corrected chi connectivity index (χ4v) is 2.57. The van der Waals surface area contributed by atoms with E-state index in [1.165, 1.54) is 51.4 Å². The maximum absolute atomic E-state index is 6.36. The lowest BCUT2D eigenvalue weighted by molar-refractivity contribution is 0.283. The van der Waals surface area contributed by atoms with Crippen molar-refractivity contribution in [1.82, 2.24) is 5.32 Å². The summed E-state index contributed by atoms with van der Waals surface area (Å²) in [7, 11) is 0. The van der Waals surface area contributed by atoms with Crippen LogP contribution in [0.3, 0.4) is 0 Å². The van der Waals surface area contributed by atoms with Gasteiger partial charge in [-0.2, -0.15) is 0 Å². The lowest BCUT2D eigenvalue weighted by atomic mass is 9.82. The molecule has 96 valence electrons. The Morgan fingerprint density at radius 1 is 1.12 bits per heavy atom. The molecule has 0 radical (unpaired) electrons. The molecule has 1 rings (SSSR count). The van der Waals surface area contributed by atoms with Gasteiger partial charge in [-0.15, -0.1) is 0 Å². The fraction of sp³-hybridized carbons (Fsp3) is 1.00. The van der Waals surface area contributed by atoms with Gasteiger partial charge in [0.15, 0.2) is 0 Å². The molecule has 0 spiro atoms. The second kappa shape index (κ2) is 7.29. The Bertz CT molecular complexity index is 172. The molecule has 0 amide bonds. The molecular formula is C14H30N2. The van der Waals surface area contributed by atoms with Gasteiger partial charge in [-0.05, 0) is 31.7 Å². The van der Waals surface area contributed by atoms with E-state index in [0.717, 1.165) is 19.0 Å². The molecule has 3 N–H and O–H groups in total. The van der Waals surface area contributed by atoms with Crippen LogP contribution >= 0.6 is 0 Å². The summed E-state index contributed by atoms with van der Waals surface area (Å²) in [5.41, 5.74) is 6.47. The van der Waals surface area contributed by atoms with E-state index in [9.17, 15) is 0 Å². The predicted octanol–water partition coefficient (Wildman–Crippen LogP) is 3.06. The topological polar surface area (TPSA) is 38.0 Å². The summed E-state index contributed by atoms with van der Waals surface area (Å²) < 4.78 is 0. The minimum Gasteiger partial charge on any atom is -0.324 e. The van der Waals surface area contributed by atoms with E-state index in [1.807, 2.05) is 0 Å². The first kappa shape index (κ1) is 14.0. The summed E-state index contributed by atoms with van der Waals surface area (Å²) in [4.78, 5) is 0.